The van der Waals surface area contributed by atoms with E-state index >= 15 is 0 Å². The fourth-order valence-electron chi connectivity index (χ4n) is 2.04. The Hall–Kier alpha value is -2.15. The fraction of sp³-hybridized carbons (Fsp3) is 0.364. The van der Waals surface area contributed by atoms with Crippen molar-refractivity contribution in [1.29, 1.82) is 0 Å². The molecule has 0 bridgehead atoms. The number of nitrogens with two attached hydrogens (primary N) is 1. The Kier molecular flexibility index (Phi) is 3.42. The summed E-state index contributed by atoms with van der Waals surface area (Å²) in [5, 5.41) is 10.7. The second-order valence-electron chi connectivity index (χ2n) is 4.13. The Morgan fingerprint density at radius 3 is 2.61 bits per heavy atom. The zero-order chi connectivity index (χ0) is 13.1. The van der Waals surface area contributed by atoms with Crippen molar-refractivity contribution in [3.05, 3.63) is 33.9 Å². The van der Waals surface area contributed by atoms with Crippen molar-refractivity contribution in [2.45, 2.75) is 12.8 Å². The van der Waals surface area contributed by atoms with Crippen LogP contribution >= 0.6 is 0 Å². The summed E-state index contributed by atoms with van der Waals surface area (Å²) in [5.74, 6) is 5.10. The monoisotopic (exact) mass is 250 g/mol. The first kappa shape index (κ1) is 12.3. The largest absolute Gasteiger partial charge is 0.339 e. The molecule has 1 fully saturated rings. The van der Waals surface area contributed by atoms with Gasteiger partial charge < -0.3 is 10.3 Å². The Morgan fingerprint density at radius 1 is 1.39 bits per heavy atom. The summed E-state index contributed by atoms with van der Waals surface area (Å²) in [6.45, 7) is 1.37. The fourth-order valence-corrected chi connectivity index (χ4v) is 2.04. The van der Waals surface area contributed by atoms with Gasteiger partial charge in [0.25, 0.3) is 11.6 Å². The van der Waals surface area contributed by atoms with Crippen LogP contribution in [0.2, 0.25) is 0 Å². The first-order valence-corrected chi connectivity index (χ1v) is 5.68. The number of rotatable bonds is 3. The van der Waals surface area contributed by atoms with Gasteiger partial charge in [0.2, 0.25) is 0 Å². The number of nitrogens with zero attached hydrogens (tertiary/aromatic N) is 2. The molecule has 1 aliphatic rings. The third-order valence-electron chi connectivity index (χ3n) is 2.99. The van der Waals surface area contributed by atoms with Gasteiger partial charge in [0.15, 0.2) is 0 Å². The highest BCUT2D eigenvalue weighted by molar-refractivity contribution is 6.00. The van der Waals surface area contributed by atoms with Gasteiger partial charge in [0, 0.05) is 25.2 Å². The lowest BCUT2D eigenvalue weighted by atomic mass is 10.1. The minimum absolute atomic E-state index is 0.114. The van der Waals surface area contributed by atoms with Crippen molar-refractivity contribution in [1.82, 2.24) is 4.90 Å². The van der Waals surface area contributed by atoms with E-state index in [9.17, 15) is 14.9 Å². The van der Waals surface area contributed by atoms with Crippen LogP contribution in [-0.2, 0) is 0 Å². The predicted octanol–water partition coefficient (Wildman–Crippen LogP) is 1.12. The molecule has 3 N–H and O–H groups in total. The molecule has 96 valence electrons. The van der Waals surface area contributed by atoms with Crippen molar-refractivity contribution in [2.75, 3.05) is 18.5 Å². The van der Waals surface area contributed by atoms with Crippen molar-refractivity contribution in [3.63, 3.8) is 0 Å². The zero-order valence-corrected chi connectivity index (χ0v) is 9.76. The third-order valence-corrected chi connectivity index (χ3v) is 2.99. The van der Waals surface area contributed by atoms with E-state index in [4.69, 9.17) is 5.84 Å². The molecule has 7 heteroatoms. The average molecular weight is 250 g/mol. The molecule has 1 amide bonds. The van der Waals surface area contributed by atoms with E-state index in [2.05, 4.69) is 5.43 Å². The van der Waals surface area contributed by atoms with Crippen LogP contribution in [0.25, 0.3) is 0 Å². The summed E-state index contributed by atoms with van der Waals surface area (Å²) < 4.78 is 0. The van der Waals surface area contributed by atoms with Crippen LogP contribution in [0.1, 0.15) is 23.2 Å². The Balaban J connectivity index is 2.36. The maximum Gasteiger partial charge on any atom is 0.270 e. The van der Waals surface area contributed by atoms with E-state index in [-0.39, 0.29) is 17.2 Å². The van der Waals surface area contributed by atoms with Crippen LogP contribution < -0.4 is 11.3 Å². The molecule has 0 radical (unpaired) electrons. The summed E-state index contributed by atoms with van der Waals surface area (Å²) in [4.78, 5) is 24.1. The van der Waals surface area contributed by atoms with E-state index in [1.54, 1.807) is 4.90 Å². The van der Waals surface area contributed by atoms with Gasteiger partial charge in [-0.2, -0.15) is 0 Å². The Bertz CT molecular complexity index is 483. The molecule has 18 heavy (non-hydrogen) atoms. The van der Waals surface area contributed by atoms with Gasteiger partial charge in [-0.25, -0.2) is 0 Å². The number of hydrogen-bond donors (Lipinski definition) is 2. The Morgan fingerprint density at radius 2 is 2.06 bits per heavy atom. The van der Waals surface area contributed by atoms with Crippen molar-refractivity contribution in [3.8, 4) is 0 Å². The molecule has 1 aromatic carbocycles. The van der Waals surface area contributed by atoms with Crippen LogP contribution in [0.15, 0.2) is 18.2 Å². The van der Waals surface area contributed by atoms with Crippen LogP contribution in [0.4, 0.5) is 11.4 Å². The lowest BCUT2D eigenvalue weighted by Gasteiger charge is -2.17. The maximum atomic E-state index is 12.2. The Labute approximate surface area is 104 Å². The number of benzene rings is 1. The second kappa shape index (κ2) is 5.01. The number of carbonyl (C=O) groups excluding carboxylic acids is 1. The molecule has 0 saturated carbocycles. The standard InChI is InChI=1S/C11H14N4O3/c12-13-10-4-3-8(15(17)18)7-9(10)11(16)14-5-1-2-6-14/h3-4,7,13H,1-2,5-6,12H2. The molecule has 0 unspecified atom stereocenters. The lowest BCUT2D eigenvalue weighted by molar-refractivity contribution is -0.384. The SMILES string of the molecule is NNc1ccc([N+](=O)[O-])cc1C(=O)N1CCCC1. The number of non-ortho nitro benzene ring substituents is 1. The smallest absolute Gasteiger partial charge is 0.270 e. The van der Waals surface area contributed by atoms with E-state index in [0.29, 0.717) is 18.8 Å². The molecule has 7 nitrogen and oxygen atoms in total. The first-order valence-electron chi connectivity index (χ1n) is 5.68. The van der Waals surface area contributed by atoms with E-state index < -0.39 is 4.92 Å². The number of carbonyl (C=O) groups is 1. The molecule has 1 aliphatic heterocycles. The molecule has 1 heterocycles. The average Bonchev–Trinajstić information content (AvgIpc) is 2.90. The number of nitro groups is 1. The van der Waals surface area contributed by atoms with E-state index in [0.717, 1.165) is 12.8 Å². The summed E-state index contributed by atoms with van der Waals surface area (Å²) in [5.41, 5.74) is 2.93. The van der Waals surface area contributed by atoms with Crippen LogP contribution in [0.3, 0.4) is 0 Å². The zero-order valence-electron chi connectivity index (χ0n) is 9.76. The number of amides is 1. The molecule has 0 spiro atoms. The highest BCUT2D eigenvalue weighted by Crippen LogP contribution is 2.24. The molecule has 0 atom stereocenters. The number of nitrogen functional groups attached to an aromatic ring is 1. The molecule has 1 aromatic rings. The lowest BCUT2D eigenvalue weighted by Crippen LogP contribution is -2.29. The van der Waals surface area contributed by atoms with Gasteiger partial charge in [0.05, 0.1) is 16.2 Å². The summed E-state index contributed by atoms with van der Waals surface area (Å²) >= 11 is 0. The number of hydrogen-bond acceptors (Lipinski definition) is 5. The highest BCUT2D eigenvalue weighted by atomic mass is 16.6. The van der Waals surface area contributed by atoms with Crippen LogP contribution in [0, 0.1) is 10.1 Å². The van der Waals surface area contributed by atoms with Gasteiger partial charge in [-0.1, -0.05) is 0 Å². The number of nitrogens with one attached hydrogen (secondary N) is 1. The van der Waals surface area contributed by atoms with E-state index in [1.807, 2.05) is 0 Å². The van der Waals surface area contributed by atoms with Gasteiger partial charge in [-0.3, -0.25) is 20.8 Å². The molecule has 0 aliphatic carbocycles. The van der Waals surface area contributed by atoms with Crippen molar-refractivity contribution in [2.24, 2.45) is 5.84 Å². The molecular weight excluding hydrogens is 236 g/mol. The summed E-state index contributed by atoms with van der Waals surface area (Å²) in [6, 6.07) is 4.02. The molecular formula is C11H14N4O3. The first-order chi connectivity index (χ1) is 8.63. The van der Waals surface area contributed by atoms with Gasteiger partial charge in [-0.05, 0) is 18.9 Å². The minimum atomic E-state index is -0.527. The van der Waals surface area contributed by atoms with Gasteiger partial charge in [-0.15, -0.1) is 0 Å². The van der Waals surface area contributed by atoms with Gasteiger partial charge >= 0.3 is 0 Å². The predicted molar refractivity (Wildman–Crippen MR) is 66.0 cm³/mol. The van der Waals surface area contributed by atoms with Gasteiger partial charge in [0.1, 0.15) is 0 Å². The molecule has 2 rings (SSSR count). The third kappa shape index (κ3) is 2.25. The quantitative estimate of drug-likeness (QED) is 0.475. The maximum absolute atomic E-state index is 12.2. The van der Waals surface area contributed by atoms with Crippen LogP contribution in [0.5, 0.6) is 0 Å². The summed E-state index contributed by atoms with van der Waals surface area (Å²) in [7, 11) is 0. The summed E-state index contributed by atoms with van der Waals surface area (Å²) in [6.07, 6.45) is 1.93. The van der Waals surface area contributed by atoms with Crippen molar-refractivity contribution >= 4 is 17.3 Å². The van der Waals surface area contributed by atoms with Crippen molar-refractivity contribution < 1.29 is 9.72 Å². The topological polar surface area (TPSA) is 101 Å². The number of nitro benzene ring substituents is 1. The van der Waals surface area contributed by atoms with Crippen LogP contribution in [-0.4, -0.2) is 28.8 Å². The number of hydrazine groups is 1. The number of anilines is 1. The molecule has 1 saturated heterocycles. The normalized spacial score (nSPS) is 14.6. The number of likely N-dealkylation sites (tertiary alicyclic amines) is 1. The highest BCUT2D eigenvalue weighted by Gasteiger charge is 2.23. The van der Waals surface area contributed by atoms with E-state index in [1.165, 1.54) is 18.2 Å². The minimum Gasteiger partial charge on any atom is -0.339 e. The second-order valence-corrected chi connectivity index (χ2v) is 4.13. The molecule has 0 aromatic heterocycles.